The quantitative estimate of drug-likeness (QED) is 0.733. The van der Waals surface area contributed by atoms with Gasteiger partial charge in [0.2, 0.25) is 0 Å². The summed E-state index contributed by atoms with van der Waals surface area (Å²) in [5.41, 5.74) is 0.905. The van der Waals surface area contributed by atoms with Crippen LogP contribution in [0.15, 0.2) is 46.9 Å². The van der Waals surface area contributed by atoms with Gasteiger partial charge in [0.15, 0.2) is 0 Å². The van der Waals surface area contributed by atoms with Crippen molar-refractivity contribution in [2.24, 2.45) is 0 Å². The fourth-order valence-corrected chi connectivity index (χ4v) is 6.15. The number of esters is 1. The highest BCUT2D eigenvalue weighted by atomic mass is 32.2. The van der Waals surface area contributed by atoms with Crippen LogP contribution in [0.2, 0.25) is 0 Å². The number of piperidine rings is 1. The van der Waals surface area contributed by atoms with Crippen molar-refractivity contribution < 1.29 is 9.53 Å². The van der Waals surface area contributed by atoms with E-state index in [0.29, 0.717) is 17.3 Å². The Morgan fingerprint density at radius 3 is 2.84 bits per heavy atom. The molecule has 4 atom stereocenters. The lowest BCUT2D eigenvalue weighted by Gasteiger charge is -2.52. The van der Waals surface area contributed by atoms with Gasteiger partial charge in [-0.25, -0.2) is 4.79 Å². The van der Waals surface area contributed by atoms with Crippen molar-refractivity contribution in [3.8, 4) is 0 Å². The molecule has 3 heterocycles. The summed E-state index contributed by atoms with van der Waals surface area (Å²) in [5, 5.41) is 0.463. The van der Waals surface area contributed by atoms with E-state index in [9.17, 15) is 4.79 Å². The first-order valence-electron chi connectivity index (χ1n) is 9.45. The van der Waals surface area contributed by atoms with E-state index < -0.39 is 0 Å². The molecule has 2 bridgehead atoms. The second-order valence-corrected chi connectivity index (χ2v) is 9.19. The molecule has 1 aromatic carbocycles. The molecule has 0 N–H and O–H groups in total. The second-order valence-electron chi connectivity index (χ2n) is 7.88. The Kier molecular flexibility index (Phi) is 4.67. The maximum Gasteiger partial charge on any atom is 0.331 e. The standard InChI is InChI=1S/C21H27NO2S/c1-15-18(25-17-8-4-3-5-9-17)12-16-13-20(23)24-21(2,14-16)19-10-6-7-11-22(15)19/h3-5,8-9,13,15,18-19H,6-7,10-12,14H2,1-2H3. The fourth-order valence-electron chi connectivity index (χ4n) is 4.83. The van der Waals surface area contributed by atoms with Gasteiger partial charge < -0.3 is 4.74 Å². The summed E-state index contributed by atoms with van der Waals surface area (Å²) in [6.45, 7) is 5.63. The molecule has 4 unspecified atom stereocenters. The zero-order chi connectivity index (χ0) is 17.4. The zero-order valence-electron chi connectivity index (χ0n) is 15.1. The second kappa shape index (κ2) is 6.81. The van der Waals surface area contributed by atoms with E-state index in [0.717, 1.165) is 25.8 Å². The first-order valence-corrected chi connectivity index (χ1v) is 10.3. The van der Waals surface area contributed by atoms with Crippen LogP contribution >= 0.6 is 11.8 Å². The molecule has 4 rings (SSSR count). The molecule has 3 aliphatic heterocycles. The minimum Gasteiger partial charge on any atom is -0.454 e. The Bertz CT molecular complexity index is 674. The van der Waals surface area contributed by atoms with Gasteiger partial charge in [0.05, 0.1) is 0 Å². The first-order chi connectivity index (χ1) is 12.0. The molecule has 2 saturated heterocycles. The summed E-state index contributed by atoms with van der Waals surface area (Å²) in [4.78, 5) is 16.2. The summed E-state index contributed by atoms with van der Waals surface area (Å²) < 4.78 is 5.89. The van der Waals surface area contributed by atoms with Crippen molar-refractivity contribution in [2.75, 3.05) is 6.54 Å². The van der Waals surface area contributed by atoms with Crippen LogP contribution in [0.1, 0.15) is 46.0 Å². The van der Waals surface area contributed by atoms with Crippen molar-refractivity contribution in [2.45, 2.75) is 73.8 Å². The molecule has 0 radical (unpaired) electrons. The van der Waals surface area contributed by atoms with Crippen molar-refractivity contribution in [3.63, 3.8) is 0 Å². The number of rotatable bonds is 2. The highest BCUT2D eigenvalue weighted by Gasteiger charge is 2.48. The third-order valence-electron chi connectivity index (χ3n) is 6.04. The largest absolute Gasteiger partial charge is 0.454 e. The molecule has 3 aliphatic rings. The predicted molar refractivity (Wildman–Crippen MR) is 102 cm³/mol. The van der Waals surface area contributed by atoms with Crippen LogP contribution in [-0.4, -0.2) is 40.3 Å². The van der Waals surface area contributed by atoms with Crippen LogP contribution in [0.5, 0.6) is 0 Å². The van der Waals surface area contributed by atoms with Crippen LogP contribution in [0, 0.1) is 0 Å². The highest BCUT2D eigenvalue weighted by Crippen LogP contribution is 2.44. The van der Waals surface area contributed by atoms with E-state index in [2.05, 4.69) is 49.1 Å². The minimum absolute atomic E-state index is 0.146. The van der Waals surface area contributed by atoms with E-state index in [-0.39, 0.29) is 11.6 Å². The number of carbonyl (C=O) groups is 1. The van der Waals surface area contributed by atoms with E-state index in [1.807, 2.05) is 11.8 Å². The van der Waals surface area contributed by atoms with Crippen LogP contribution in [0.25, 0.3) is 0 Å². The van der Waals surface area contributed by atoms with Crippen LogP contribution < -0.4 is 0 Å². The van der Waals surface area contributed by atoms with E-state index in [4.69, 9.17) is 4.74 Å². The SMILES string of the molecule is CC1C(Sc2ccccc2)CC2=CC(=O)OC(C)(C2)C2CCCCN12. The average Bonchev–Trinajstić information content (AvgIpc) is 2.60. The summed E-state index contributed by atoms with van der Waals surface area (Å²) in [6, 6.07) is 11.5. The molecule has 1 aromatic rings. The summed E-state index contributed by atoms with van der Waals surface area (Å²) >= 11 is 1.96. The minimum atomic E-state index is -0.363. The van der Waals surface area contributed by atoms with E-state index in [1.165, 1.54) is 23.3 Å². The van der Waals surface area contributed by atoms with E-state index in [1.54, 1.807) is 6.08 Å². The zero-order valence-corrected chi connectivity index (χ0v) is 15.9. The number of thioether (sulfide) groups is 1. The maximum atomic E-state index is 12.2. The third kappa shape index (κ3) is 3.39. The van der Waals surface area contributed by atoms with Gasteiger partial charge in [-0.15, -0.1) is 11.8 Å². The van der Waals surface area contributed by atoms with Crippen LogP contribution in [0.4, 0.5) is 0 Å². The Morgan fingerprint density at radius 1 is 1.24 bits per heavy atom. The lowest BCUT2D eigenvalue weighted by atomic mass is 9.77. The van der Waals surface area contributed by atoms with E-state index >= 15 is 0 Å². The normalized spacial score (nSPS) is 35.8. The molecule has 0 saturated carbocycles. The Morgan fingerprint density at radius 2 is 2.04 bits per heavy atom. The molecule has 0 aromatic heterocycles. The van der Waals surface area contributed by atoms with Crippen molar-refractivity contribution in [1.82, 2.24) is 4.90 Å². The number of nitrogens with zero attached hydrogens (tertiary/aromatic N) is 1. The topological polar surface area (TPSA) is 29.5 Å². The van der Waals surface area contributed by atoms with Crippen molar-refractivity contribution in [3.05, 3.63) is 42.0 Å². The lowest BCUT2D eigenvalue weighted by Crippen LogP contribution is -2.61. The van der Waals surface area contributed by atoms with Gasteiger partial charge in [-0.3, -0.25) is 4.90 Å². The number of carbonyl (C=O) groups excluding carboxylic acids is 1. The number of hydrogen-bond donors (Lipinski definition) is 0. The van der Waals surface area contributed by atoms with Gasteiger partial charge in [-0.05, 0) is 51.8 Å². The number of fused-ring (bicyclic) bond motifs is 4. The first kappa shape index (κ1) is 17.2. The van der Waals surface area contributed by atoms with Crippen molar-refractivity contribution in [1.29, 1.82) is 0 Å². The Labute approximate surface area is 154 Å². The van der Waals surface area contributed by atoms with Gasteiger partial charge >= 0.3 is 5.97 Å². The predicted octanol–water partition coefficient (Wildman–Crippen LogP) is 4.43. The van der Waals surface area contributed by atoms with Gasteiger partial charge in [-0.1, -0.05) is 30.2 Å². The van der Waals surface area contributed by atoms with Gasteiger partial charge in [0, 0.05) is 34.7 Å². The smallest absolute Gasteiger partial charge is 0.331 e. The molecule has 3 nitrogen and oxygen atoms in total. The summed E-state index contributed by atoms with van der Waals surface area (Å²) in [7, 11) is 0. The molecular weight excluding hydrogens is 330 g/mol. The average molecular weight is 358 g/mol. The molecule has 25 heavy (non-hydrogen) atoms. The maximum absolute atomic E-state index is 12.2. The van der Waals surface area contributed by atoms with Gasteiger partial charge in [-0.2, -0.15) is 0 Å². The molecule has 0 amide bonds. The van der Waals surface area contributed by atoms with Crippen LogP contribution in [0.3, 0.4) is 0 Å². The molecule has 4 heteroatoms. The molecule has 134 valence electrons. The summed E-state index contributed by atoms with van der Waals surface area (Å²) in [5.74, 6) is -0.146. The van der Waals surface area contributed by atoms with Gasteiger partial charge in [0.25, 0.3) is 0 Å². The third-order valence-corrected chi connectivity index (χ3v) is 7.45. The Hall–Kier alpha value is -1.26. The van der Waals surface area contributed by atoms with Crippen LogP contribution in [-0.2, 0) is 9.53 Å². The number of benzene rings is 1. The Balaban J connectivity index is 1.68. The molecule has 0 aliphatic carbocycles. The lowest BCUT2D eigenvalue weighted by molar-refractivity contribution is -0.166. The fraction of sp³-hybridized carbons (Fsp3) is 0.571. The molecule has 0 spiro atoms. The molecule has 2 fully saturated rings. The van der Waals surface area contributed by atoms with Crippen molar-refractivity contribution >= 4 is 17.7 Å². The highest BCUT2D eigenvalue weighted by molar-refractivity contribution is 8.00. The monoisotopic (exact) mass is 357 g/mol. The number of hydrogen-bond acceptors (Lipinski definition) is 4. The molecular formula is C21H27NO2S. The number of ether oxygens (including phenoxy) is 1. The summed E-state index contributed by atoms with van der Waals surface area (Å²) in [6.07, 6.45) is 7.22. The van der Waals surface area contributed by atoms with Gasteiger partial charge in [0.1, 0.15) is 5.60 Å².